The van der Waals surface area contributed by atoms with Crippen LogP contribution in [0.1, 0.15) is 37.0 Å². The Morgan fingerprint density at radius 1 is 0.865 bits per heavy atom. The van der Waals surface area contributed by atoms with Gasteiger partial charge in [0.1, 0.15) is 11.5 Å². The number of fused-ring (bicyclic) bond motifs is 1. The van der Waals surface area contributed by atoms with Gasteiger partial charge in [0.2, 0.25) is 0 Å². The second kappa shape index (κ2) is 11.4. The summed E-state index contributed by atoms with van der Waals surface area (Å²) in [6.07, 6.45) is 2.10. The minimum absolute atomic E-state index is 0.0899. The summed E-state index contributed by atoms with van der Waals surface area (Å²) in [5.74, 6) is 1.46. The first-order chi connectivity index (χ1) is 18.1. The van der Waals surface area contributed by atoms with Crippen molar-refractivity contribution in [3.63, 3.8) is 0 Å². The molecule has 1 aromatic heterocycles. The van der Waals surface area contributed by atoms with E-state index in [9.17, 15) is 4.79 Å². The molecule has 190 valence electrons. The number of nitrogens with one attached hydrogen (secondary N) is 1. The number of hydrogen-bond donors (Lipinski definition) is 1. The van der Waals surface area contributed by atoms with E-state index in [-0.39, 0.29) is 12.0 Å². The van der Waals surface area contributed by atoms with Gasteiger partial charge >= 0.3 is 0 Å². The lowest BCUT2D eigenvalue weighted by molar-refractivity contribution is 0.0858. The minimum atomic E-state index is -0.141. The van der Waals surface area contributed by atoms with Gasteiger partial charge in [0.05, 0.1) is 41.7 Å². The molecule has 7 nitrogen and oxygen atoms in total. The van der Waals surface area contributed by atoms with Gasteiger partial charge in [-0.15, -0.1) is 0 Å². The molecule has 5 rings (SSSR count). The topological polar surface area (TPSA) is 82.6 Å². The molecule has 1 N–H and O–H groups in total. The molecular formula is C30H31N3O4. The second-order valence-electron chi connectivity index (χ2n) is 8.88. The van der Waals surface area contributed by atoms with Crippen molar-refractivity contribution >= 4 is 16.9 Å². The Morgan fingerprint density at radius 2 is 1.46 bits per heavy atom. The van der Waals surface area contributed by atoms with Crippen molar-refractivity contribution in [1.82, 2.24) is 15.3 Å². The highest BCUT2D eigenvalue weighted by atomic mass is 16.5. The van der Waals surface area contributed by atoms with E-state index in [2.05, 4.69) is 5.32 Å². The zero-order valence-electron chi connectivity index (χ0n) is 21.2. The van der Waals surface area contributed by atoms with Crippen molar-refractivity contribution < 1.29 is 19.0 Å². The van der Waals surface area contributed by atoms with Gasteiger partial charge in [0.25, 0.3) is 5.91 Å². The molecule has 0 unspecified atom stereocenters. The number of benzene rings is 3. The van der Waals surface area contributed by atoms with Crippen LogP contribution in [0.15, 0.2) is 66.7 Å². The fourth-order valence-electron chi connectivity index (χ4n) is 4.46. The predicted octanol–water partition coefficient (Wildman–Crippen LogP) is 5.67. The van der Waals surface area contributed by atoms with Crippen LogP contribution in [0.4, 0.5) is 0 Å². The maximum atomic E-state index is 12.8. The molecule has 0 aliphatic carbocycles. The third-order valence-corrected chi connectivity index (χ3v) is 6.32. The molecule has 1 amide bonds. The van der Waals surface area contributed by atoms with E-state index >= 15 is 0 Å². The largest absolute Gasteiger partial charge is 0.494 e. The number of carbonyl (C=O) groups excluding carboxylic acids is 1. The molecule has 37 heavy (non-hydrogen) atoms. The Hall–Kier alpha value is -3.97. The van der Waals surface area contributed by atoms with Crippen LogP contribution in [0.25, 0.3) is 33.5 Å². The van der Waals surface area contributed by atoms with Crippen LogP contribution >= 0.6 is 0 Å². The molecule has 0 radical (unpaired) electrons. The number of aromatic nitrogens is 2. The van der Waals surface area contributed by atoms with E-state index in [0.29, 0.717) is 36.4 Å². The molecule has 1 aliphatic rings. The molecule has 1 atom stereocenters. The van der Waals surface area contributed by atoms with Crippen LogP contribution in [-0.4, -0.2) is 48.3 Å². The van der Waals surface area contributed by atoms with Crippen LogP contribution in [0.3, 0.4) is 0 Å². The number of amides is 1. The van der Waals surface area contributed by atoms with E-state index in [1.165, 1.54) is 0 Å². The average molecular weight is 498 g/mol. The fraction of sp³-hybridized carbons (Fsp3) is 0.300. The Balaban J connectivity index is 1.52. The monoisotopic (exact) mass is 497 g/mol. The number of hydrogen-bond acceptors (Lipinski definition) is 6. The molecule has 1 aliphatic heterocycles. The zero-order chi connectivity index (χ0) is 25.6. The molecule has 1 saturated heterocycles. The van der Waals surface area contributed by atoms with Crippen molar-refractivity contribution in [3.8, 4) is 34.0 Å². The van der Waals surface area contributed by atoms with Crippen LogP contribution < -0.4 is 14.8 Å². The average Bonchev–Trinajstić information content (AvgIpc) is 3.46. The van der Waals surface area contributed by atoms with Gasteiger partial charge in [-0.2, -0.15) is 0 Å². The maximum absolute atomic E-state index is 12.8. The van der Waals surface area contributed by atoms with E-state index in [4.69, 9.17) is 24.2 Å². The van der Waals surface area contributed by atoms with Crippen LogP contribution in [0, 0.1) is 0 Å². The van der Waals surface area contributed by atoms with E-state index in [1.54, 1.807) is 12.1 Å². The van der Waals surface area contributed by atoms with Crippen LogP contribution in [-0.2, 0) is 4.74 Å². The van der Waals surface area contributed by atoms with Gasteiger partial charge in [0.15, 0.2) is 0 Å². The van der Waals surface area contributed by atoms with Gasteiger partial charge in [-0.25, -0.2) is 9.97 Å². The van der Waals surface area contributed by atoms with Crippen molar-refractivity contribution in [2.45, 2.75) is 32.8 Å². The molecule has 0 spiro atoms. The fourth-order valence-corrected chi connectivity index (χ4v) is 4.46. The summed E-state index contributed by atoms with van der Waals surface area (Å²) in [5.41, 5.74) is 5.26. The van der Waals surface area contributed by atoms with Gasteiger partial charge in [-0.1, -0.05) is 0 Å². The summed E-state index contributed by atoms with van der Waals surface area (Å²) in [6.45, 7) is 6.40. The predicted molar refractivity (Wildman–Crippen MR) is 144 cm³/mol. The molecule has 2 heterocycles. The van der Waals surface area contributed by atoms with Crippen molar-refractivity contribution in [3.05, 3.63) is 72.3 Å². The van der Waals surface area contributed by atoms with E-state index in [0.717, 1.165) is 53.5 Å². The first-order valence-electron chi connectivity index (χ1n) is 12.8. The van der Waals surface area contributed by atoms with Gasteiger partial charge < -0.3 is 19.5 Å². The number of nitrogens with zero attached hydrogens (tertiary/aromatic N) is 2. The lowest BCUT2D eigenvalue weighted by atomic mass is 10.0. The maximum Gasteiger partial charge on any atom is 0.251 e. The molecule has 4 aromatic rings. The standard InChI is InChI=1S/C30H31N3O4/c1-3-35-23-12-7-20(8-13-23)28-29(21-9-14-24(15-10-21)36-4-2)33-27-18-22(11-16-26(27)32-28)30(34)31-19-25-6-5-17-37-25/h7-16,18,25H,3-6,17,19H2,1-2H3,(H,31,34)/t25-/m0/s1. The molecule has 0 saturated carbocycles. The molecule has 1 fully saturated rings. The lowest BCUT2D eigenvalue weighted by Gasteiger charge is -2.13. The van der Waals surface area contributed by atoms with Crippen molar-refractivity contribution in [2.75, 3.05) is 26.4 Å². The highest BCUT2D eigenvalue weighted by molar-refractivity contribution is 5.98. The highest BCUT2D eigenvalue weighted by Gasteiger charge is 2.18. The van der Waals surface area contributed by atoms with Crippen molar-refractivity contribution in [2.24, 2.45) is 0 Å². The first kappa shape index (κ1) is 24.7. The second-order valence-corrected chi connectivity index (χ2v) is 8.88. The van der Waals surface area contributed by atoms with Gasteiger partial charge in [0, 0.05) is 29.8 Å². The van der Waals surface area contributed by atoms with Gasteiger partial charge in [-0.3, -0.25) is 4.79 Å². The highest BCUT2D eigenvalue weighted by Crippen LogP contribution is 2.33. The first-order valence-corrected chi connectivity index (χ1v) is 12.8. The summed E-state index contributed by atoms with van der Waals surface area (Å²) < 4.78 is 16.8. The zero-order valence-corrected chi connectivity index (χ0v) is 21.2. The van der Waals surface area contributed by atoms with Crippen molar-refractivity contribution in [1.29, 1.82) is 0 Å². The van der Waals surface area contributed by atoms with Crippen LogP contribution in [0.2, 0.25) is 0 Å². The number of ether oxygens (including phenoxy) is 3. The van der Waals surface area contributed by atoms with Crippen LogP contribution in [0.5, 0.6) is 11.5 Å². The summed E-state index contributed by atoms with van der Waals surface area (Å²) in [6, 6.07) is 21.1. The van der Waals surface area contributed by atoms with E-state index in [1.807, 2.05) is 68.4 Å². The summed E-state index contributed by atoms with van der Waals surface area (Å²) in [5, 5.41) is 2.98. The molecular weight excluding hydrogens is 466 g/mol. The smallest absolute Gasteiger partial charge is 0.251 e. The third kappa shape index (κ3) is 5.73. The Morgan fingerprint density at radius 3 is 2.00 bits per heavy atom. The number of carbonyl (C=O) groups is 1. The van der Waals surface area contributed by atoms with E-state index < -0.39 is 0 Å². The Kier molecular flexibility index (Phi) is 7.61. The SMILES string of the molecule is CCOc1ccc(-c2nc3ccc(C(=O)NC[C@@H]4CCCO4)cc3nc2-c2ccc(OCC)cc2)cc1. The number of rotatable bonds is 9. The molecule has 0 bridgehead atoms. The third-order valence-electron chi connectivity index (χ3n) is 6.32. The lowest BCUT2D eigenvalue weighted by Crippen LogP contribution is -2.31. The Labute approximate surface area is 216 Å². The summed E-state index contributed by atoms with van der Waals surface area (Å²) in [7, 11) is 0. The van der Waals surface area contributed by atoms with Gasteiger partial charge in [-0.05, 0) is 93.4 Å². The Bertz CT molecular complexity index is 1360. The molecule has 3 aromatic carbocycles. The minimum Gasteiger partial charge on any atom is -0.494 e. The summed E-state index contributed by atoms with van der Waals surface area (Å²) in [4.78, 5) is 22.8. The quantitative estimate of drug-likeness (QED) is 0.321. The molecule has 7 heteroatoms. The summed E-state index contributed by atoms with van der Waals surface area (Å²) >= 11 is 0. The normalized spacial score (nSPS) is 15.0.